The van der Waals surface area contributed by atoms with Gasteiger partial charge >= 0.3 is 0 Å². The topological polar surface area (TPSA) is 12.4 Å². The molecule has 3 heteroatoms. The van der Waals surface area contributed by atoms with Gasteiger partial charge in [0.05, 0.1) is 8.61 Å². The van der Waals surface area contributed by atoms with Gasteiger partial charge in [0, 0.05) is 4.96 Å². The number of fused-ring (bicyclic) bond motifs is 1. The van der Waals surface area contributed by atoms with Crippen LogP contribution in [-0.2, 0) is 0 Å². The van der Waals surface area contributed by atoms with Crippen LogP contribution < -0.4 is 0 Å². The van der Waals surface area contributed by atoms with Crippen LogP contribution in [0.3, 0.4) is 0 Å². The number of hydrogen-bond donors (Lipinski definition) is 0. The predicted octanol–water partition coefficient (Wildman–Crippen LogP) is -0.856. The van der Waals surface area contributed by atoms with Gasteiger partial charge in [-0.3, -0.25) is 0 Å². The lowest BCUT2D eigenvalue weighted by molar-refractivity contribution is 2.06. The molecule has 0 atom stereocenters. The van der Waals surface area contributed by atoms with Crippen LogP contribution in [0.4, 0.5) is 0 Å². The molecule has 2 heterocycles. The van der Waals surface area contributed by atoms with Crippen LogP contribution in [0.25, 0.3) is 0 Å². The standard InChI is InChI=1S/CNSi2/c2-1-3-4(1)2. The van der Waals surface area contributed by atoms with Crippen molar-refractivity contribution in [2.45, 2.75) is 0 Å². The summed E-state index contributed by atoms with van der Waals surface area (Å²) in [5, 5.41) is 0. The number of nitrogens with zero attached hydrogens (tertiary/aromatic N) is 1. The Labute approximate surface area is 27.2 Å². The van der Waals surface area contributed by atoms with Gasteiger partial charge in [-0.05, 0) is 0 Å². The minimum Gasteiger partial charge on any atom is -0.304 e. The Morgan fingerprint density at radius 2 is 2.25 bits per heavy atom. The first-order valence-electron chi connectivity index (χ1n) is 1.20. The molecule has 0 saturated carbocycles. The molecule has 0 unspecified atom stereocenters. The minimum absolute atomic E-state index is 0.106. The Bertz CT molecular complexity index is 100. The van der Waals surface area contributed by atoms with Crippen LogP contribution in [0.2, 0.25) is 0 Å². The third kappa shape index (κ3) is 0.0390. The Morgan fingerprint density at radius 3 is 2.25 bits per heavy atom. The molecule has 2 rings (SSSR count). The molecule has 4 heavy (non-hydrogen) atoms. The molecule has 0 spiro atoms. The van der Waals surface area contributed by atoms with Crippen molar-refractivity contribution < 1.29 is 0 Å². The molecular formula is CNSi2. The summed E-state index contributed by atoms with van der Waals surface area (Å²) in [5.74, 6) is 0. The third-order valence-corrected chi connectivity index (χ3v) is 4.48. The summed E-state index contributed by atoms with van der Waals surface area (Å²) in [6.45, 7) is 0. The number of rotatable bonds is 0. The van der Waals surface area contributed by atoms with Crippen molar-refractivity contribution >= 4 is 21.6 Å². The lowest BCUT2D eigenvalue weighted by atomic mass is 11.7. The molecule has 2 aliphatic heterocycles. The number of hydrogen-bond acceptors (Lipinski definition) is 1. The van der Waals surface area contributed by atoms with Crippen molar-refractivity contribution in [3.8, 4) is 0 Å². The highest BCUT2D eigenvalue weighted by Gasteiger charge is 2.32. The summed E-state index contributed by atoms with van der Waals surface area (Å²) in [6.07, 6.45) is 0. The van der Waals surface area contributed by atoms with Crippen LogP contribution in [0.15, 0.2) is 4.66 Å². The van der Waals surface area contributed by atoms with Gasteiger partial charge in [0.25, 0.3) is 0 Å². The largest absolute Gasteiger partial charge is 0.304 e. The van der Waals surface area contributed by atoms with Crippen LogP contribution >= 0.6 is 0 Å². The maximum Gasteiger partial charge on any atom is 0.182 e. The van der Waals surface area contributed by atoms with Crippen molar-refractivity contribution in [1.82, 2.24) is 0 Å². The Morgan fingerprint density at radius 1 is 2.00 bits per heavy atom. The van der Waals surface area contributed by atoms with E-state index >= 15 is 0 Å². The van der Waals surface area contributed by atoms with Crippen molar-refractivity contribution in [2.24, 2.45) is 4.66 Å². The summed E-state index contributed by atoms with van der Waals surface area (Å²) in [6, 6.07) is 0. The van der Waals surface area contributed by atoms with E-state index < -0.39 is 0 Å². The second-order valence-corrected chi connectivity index (χ2v) is 5.72. The summed E-state index contributed by atoms with van der Waals surface area (Å²) in [5.41, 5.74) is 0. The normalized spacial score (nSPS) is 26.0. The highest BCUT2D eigenvalue weighted by molar-refractivity contribution is 7.52. The lowest BCUT2D eigenvalue weighted by Gasteiger charge is -1.33. The Hall–Kier alpha value is 0.104. The first kappa shape index (κ1) is 1.52. The molecule has 0 aliphatic carbocycles. The first-order valence-corrected chi connectivity index (χ1v) is 4.64. The van der Waals surface area contributed by atoms with Crippen LogP contribution in [0, 0.1) is 0 Å². The molecule has 17 valence electrons. The Kier molecular flexibility index (Phi) is 0.0794. The van der Waals surface area contributed by atoms with Gasteiger partial charge in [-0.1, -0.05) is 0 Å². The Balaban J connectivity index is 3.10. The molecule has 0 aromatic rings. The van der Waals surface area contributed by atoms with E-state index in [0.717, 1.165) is 0 Å². The SMILES string of the molecule is N1=C2[Si]=[Si]12. The maximum atomic E-state index is 4.03. The summed E-state index contributed by atoms with van der Waals surface area (Å²) >= 11 is 0. The van der Waals surface area contributed by atoms with Gasteiger partial charge in [-0.2, -0.15) is 0 Å². The first-order chi connectivity index (χ1) is 1.97. The summed E-state index contributed by atoms with van der Waals surface area (Å²) < 4.78 is 4.03. The quantitative estimate of drug-likeness (QED) is 0.337. The van der Waals surface area contributed by atoms with Crippen LogP contribution in [-0.4, -0.2) is 21.6 Å². The second kappa shape index (κ2) is 0.209. The van der Waals surface area contributed by atoms with E-state index in [4.69, 9.17) is 0 Å². The van der Waals surface area contributed by atoms with Gasteiger partial charge in [-0.15, -0.1) is 0 Å². The fraction of sp³-hybridized carbons (Fsp3) is 0. The predicted molar refractivity (Wildman–Crippen MR) is 18.9 cm³/mol. The second-order valence-electron chi connectivity index (χ2n) is 0.934. The zero-order valence-electron chi connectivity index (χ0n) is 1.95. The van der Waals surface area contributed by atoms with Crippen molar-refractivity contribution in [3.63, 3.8) is 0 Å². The van der Waals surface area contributed by atoms with Crippen molar-refractivity contribution in [2.75, 3.05) is 0 Å². The van der Waals surface area contributed by atoms with E-state index in [2.05, 4.69) is 4.66 Å². The van der Waals surface area contributed by atoms with Gasteiger partial charge in [0.2, 0.25) is 0 Å². The molecule has 1 nitrogen and oxygen atoms in total. The van der Waals surface area contributed by atoms with E-state index in [1.54, 1.807) is 4.96 Å². The average molecular weight is 82.2 g/mol. The smallest absolute Gasteiger partial charge is 0.182 e. The van der Waals surface area contributed by atoms with E-state index in [0.29, 0.717) is 0 Å². The van der Waals surface area contributed by atoms with Gasteiger partial charge in [0.15, 0.2) is 8.05 Å². The van der Waals surface area contributed by atoms with E-state index in [1.165, 1.54) is 8.61 Å². The highest BCUT2D eigenvalue weighted by Crippen LogP contribution is 2.05. The van der Waals surface area contributed by atoms with Crippen molar-refractivity contribution in [3.05, 3.63) is 0 Å². The molecule has 0 saturated heterocycles. The minimum atomic E-state index is 0.106. The molecule has 0 N–H and O–H groups in total. The maximum absolute atomic E-state index is 4.03. The monoisotopic (exact) mass is 82.0 g/mol. The molecule has 0 fully saturated rings. The van der Waals surface area contributed by atoms with E-state index in [1.807, 2.05) is 0 Å². The van der Waals surface area contributed by atoms with Crippen molar-refractivity contribution in [1.29, 1.82) is 0 Å². The van der Waals surface area contributed by atoms with Gasteiger partial charge in [0.1, 0.15) is 0 Å². The van der Waals surface area contributed by atoms with Crippen LogP contribution in [0.5, 0.6) is 0 Å². The highest BCUT2D eigenvalue weighted by atomic mass is 29.0. The molecular weight excluding hydrogens is 82.2 g/mol. The van der Waals surface area contributed by atoms with E-state index in [9.17, 15) is 0 Å². The molecule has 2 aliphatic rings. The molecule has 0 bridgehead atoms. The molecule has 0 amide bonds. The average Bonchev–Trinajstić information content (AvgIpc) is 1.36. The molecule has 0 aromatic carbocycles. The zero-order valence-corrected chi connectivity index (χ0v) is 3.95. The lowest BCUT2D eigenvalue weighted by Crippen LogP contribution is -1.50. The fourth-order valence-electron chi connectivity index (χ4n) is 0.168. The fourth-order valence-corrected chi connectivity index (χ4v) is 2.52. The summed E-state index contributed by atoms with van der Waals surface area (Å²) in [4.78, 5) is 1.59. The zero-order chi connectivity index (χ0) is 2.57. The van der Waals surface area contributed by atoms with Crippen LogP contribution in [0.1, 0.15) is 0 Å². The van der Waals surface area contributed by atoms with Gasteiger partial charge in [-0.25, -0.2) is 0 Å². The summed E-state index contributed by atoms with van der Waals surface area (Å²) in [7, 11) is 1.36. The molecule has 0 aromatic heterocycles. The molecule has 1 radical (unpaired) electrons. The van der Waals surface area contributed by atoms with Gasteiger partial charge < -0.3 is 4.66 Å². The van der Waals surface area contributed by atoms with E-state index in [-0.39, 0.29) is 8.05 Å². The third-order valence-electron chi connectivity index (χ3n) is 0.572.